The number of carbonyl (C=O) groups excluding carboxylic acids is 3. The molecule has 6 heteroatoms. The van der Waals surface area contributed by atoms with Gasteiger partial charge in [-0.25, -0.2) is 4.39 Å². The summed E-state index contributed by atoms with van der Waals surface area (Å²) in [5.41, 5.74) is -0.177. The highest BCUT2D eigenvalue weighted by Crippen LogP contribution is 2.30. The molecule has 0 saturated heterocycles. The van der Waals surface area contributed by atoms with Gasteiger partial charge in [-0.3, -0.25) is 19.3 Å². The molecule has 3 amide bonds. The predicted molar refractivity (Wildman–Crippen MR) is 70.9 cm³/mol. The Labute approximate surface area is 115 Å². The fraction of sp³-hybridized carbons (Fsp3) is 0.357. The van der Waals surface area contributed by atoms with Crippen molar-refractivity contribution >= 4 is 23.4 Å². The van der Waals surface area contributed by atoms with Crippen LogP contribution in [-0.4, -0.2) is 29.7 Å². The Kier molecular flexibility index (Phi) is 3.57. The van der Waals surface area contributed by atoms with E-state index in [4.69, 9.17) is 0 Å². The van der Waals surface area contributed by atoms with Crippen LogP contribution in [0.15, 0.2) is 12.1 Å². The Balaban J connectivity index is 2.41. The number of nitrogens with one attached hydrogen (secondary N) is 1. The number of rotatable bonds is 3. The summed E-state index contributed by atoms with van der Waals surface area (Å²) in [7, 11) is 1.28. The van der Waals surface area contributed by atoms with E-state index in [0.29, 0.717) is 0 Å². The van der Waals surface area contributed by atoms with Crippen molar-refractivity contribution in [2.75, 3.05) is 12.4 Å². The molecular formula is C14H15FN2O3. The van der Waals surface area contributed by atoms with Crippen molar-refractivity contribution in [1.29, 1.82) is 0 Å². The van der Waals surface area contributed by atoms with Gasteiger partial charge in [-0.2, -0.15) is 0 Å². The van der Waals surface area contributed by atoms with Gasteiger partial charge in [0.2, 0.25) is 5.91 Å². The maximum atomic E-state index is 13.7. The van der Waals surface area contributed by atoms with Crippen LogP contribution in [0.5, 0.6) is 0 Å². The standard InChI is InChI=1S/C14H15FN2O3/c1-7(2)6-10(18)16-9-5-4-8(15)11-12(9)14(20)17(3)13(11)19/h4-5,7H,6H2,1-3H3,(H,16,18). The first-order valence-electron chi connectivity index (χ1n) is 6.27. The van der Waals surface area contributed by atoms with E-state index >= 15 is 0 Å². The zero-order chi connectivity index (χ0) is 15.0. The highest BCUT2D eigenvalue weighted by molar-refractivity contribution is 6.24. The molecule has 20 heavy (non-hydrogen) atoms. The summed E-state index contributed by atoms with van der Waals surface area (Å²) in [6, 6.07) is 2.38. The summed E-state index contributed by atoms with van der Waals surface area (Å²) in [6.07, 6.45) is 0.282. The first-order valence-corrected chi connectivity index (χ1v) is 6.27. The van der Waals surface area contributed by atoms with Crippen LogP contribution in [0.4, 0.5) is 10.1 Å². The molecule has 2 rings (SSSR count). The van der Waals surface area contributed by atoms with Crippen molar-refractivity contribution in [2.45, 2.75) is 20.3 Å². The van der Waals surface area contributed by atoms with Crippen LogP contribution in [0.25, 0.3) is 0 Å². The van der Waals surface area contributed by atoms with Crippen LogP contribution >= 0.6 is 0 Å². The van der Waals surface area contributed by atoms with Gasteiger partial charge in [0.1, 0.15) is 5.82 Å². The van der Waals surface area contributed by atoms with Gasteiger partial charge in [0.25, 0.3) is 11.8 Å². The van der Waals surface area contributed by atoms with Crippen molar-refractivity contribution in [1.82, 2.24) is 4.90 Å². The Bertz CT molecular complexity index is 611. The molecule has 0 unspecified atom stereocenters. The Hall–Kier alpha value is -2.24. The summed E-state index contributed by atoms with van der Waals surface area (Å²) < 4.78 is 13.7. The molecule has 0 radical (unpaired) electrons. The fourth-order valence-corrected chi connectivity index (χ4v) is 2.11. The molecule has 1 aliphatic heterocycles. The number of hydrogen-bond acceptors (Lipinski definition) is 3. The second-order valence-electron chi connectivity index (χ2n) is 5.16. The number of halogens is 1. The third kappa shape index (κ3) is 2.29. The van der Waals surface area contributed by atoms with Crippen LogP contribution in [0, 0.1) is 11.7 Å². The van der Waals surface area contributed by atoms with Crippen molar-refractivity contribution in [3.63, 3.8) is 0 Å². The molecule has 1 N–H and O–H groups in total. The average Bonchev–Trinajstić information content (AvgIpc) is 2.58. The molecule has 1 aromatic rings. The van der Waals surface area contributed by atoms with Crippen LogP contribution in [0.2, 0.25) is 0 Å². The summed E-state index contributed by atoms with van der Waals surface area (Å²) >= 11 is 0. The second-order valence-corrected chi connectivity index (χ2v) is 5.16. The Morgan fingerprint density at radius 3 is 2.45 bits per heavy atom. The maximum absolute atomic E-state index is 13.7. The molecule has 1 aliphatic rings. The molecule has 0 atom stereocenters. The molecule has 0 fully saturated rings. The summed E-state index contributed by atoms with van der Waals surface area (Å²) in [5, 5.41) is 2.57. The molecule has 1 heterocycles. The summed E-state index contributed by atoms with van der Waals surface area (Å²) in [6.45, 7) is 3.77. The van der Waals surface area contributed by atoms with Crippen LogP contribution in [0.1, 0.15) is 41.0 Å². The lowest BCUT2D eigenvalue weighted by Gasteiger charge is -2.10. The average molecular weight is 278 g/mol. The van der Waals surface area contributed by atoms with Gasteiger partial charge in [-0.15, -0.1) is 0 Å². The molecule has 106 valence electrons. The SMILES string of the molecule is CC(C)CC(=O)Nc1ccc(F)c2c1C(=O)N(C)C2=O. The molecule has 0 saturated carbocycles. The lowest BCUT2D eigenvalue weighted by atomic mass is 10.1. The van der Waals surface area contributed by atoms with E-state index in [2.05, 4.69) is 5.32 Å². The molecule has 0 aromatic heterocycles. The van der Waals surface area contributed by atoms with Crippen molar-refractivity contribution in [3.05, 3.63) is 29.1 Å². The quantitative estimate of drug-likeness (QED) is 0.860. The summed E-state index contributed by atoms with van der Waals surface area (Å²) in [4.78, 5) is 36.4. The molecule has 0 bridgehead atoms. The summed E-state index contributed by atoms with van der Waals surface area (Å²) in [5.74, 6) is -2.18. The second kappa shape index (κ2) is 5.03. The van der Waals surface area contributed by atoms with E-state index < -0.39 is 17.6 Å². The minimum atomic E-state index is -0.760. The van der Waals surface area contributed by atoms with Crippen LogP contribution in [-0.2, 0) is 4.79 Å². The van der Waals surface area contributed by atoms with Gasteiger partial charge >= 0.3 is 0 Å². The van der Waals surface area contributed by atoms with Crippen LogP contribution in [0.3, 0.4) is 0 Å². The van der Waals surface area contributed by atoms with Gasteiger partial charge in [0.15, 0.2) is 0 Å². The number of hydrogen-bond donors (Lipinski definition) is 1. The normalized spacial score (nSPS) is 13.9. The molecular weight excluding hydrogens is 263 g/mol. The highest BCUT2D eigenvalue weighted by atomic mass is 19.1. The van der Waals surface area contributed by atoms with Crippen LogP contribution < -0.4 is 5.32 Å². The van der Waals surface area contributed by atoms with E-state index in [9.17, 15) is 18.8 Å². The number of nitrogens with zero attached hydrogens (tertiary/aromatic N) is 1. The number of amides is 3. The lowest BCUT2D eigenvalue weighted by Crippen LogP contribution is -2.25. The van der Waals surface area contributed by atoms with E-state index in [1.807, 2.05) is 13.8 Å². The lowest BCUT2D eigenvalue weighted by molar-refractivity contribution is -0.116. The molecule has 5 nitrogen and oxygen atoms in total. The topological polar surface area (TPSA) is 66.5 Å². The third-order valence-corrected chi connectivity index (χ3v) is 3.06. The van der Waals surface area contributed by atoms with E-state index in [0.717, 1.165) is 11.0 Å². The van der Waals surface area contributed by atoms with Gasteiger partial charge < -0.3 is 5.32 Å². The zero-order valence-corrected chi connectivity index (χ0v) is 11.5. The molecule has 0 spiro atoms. The van der Waals surface area contributed by atoms with Crippen molar-refractivity contribution < 1.29 is 18.8 Å². The monoisotopic (exact) mass is 278 g/mol. The third-order valence-electron chi connectivity index (χ3n) is 3.06. The fourth-order valence-electron chi connectivity index (χ4n) is 2.11. The number of imide groups is 1. The van der Waals surface area contributed by atoms with E-state index in [1.54, 1.807) is 0 Å². The van der Waals surface area contributed by atoms with Crippen molar-refractivity contribution in [2.24, 2.45) is 5.92 Å². The largest absolute Gasteiger partial charge is 0.325 e. The van der Waals surface area contributed by atoms with Gasteiger partial charge in [-0.05, 0) is 18.1 Å². The number of fused-ring (bicyclic) bond motifs is 1. The van der Waals surface area contributed by atoms with Gasteiger partial charge in [0.05, 0.1) is 16.8 Å². The smallest absolute Gasteiger partial charge is 0.264 e. The van der Waals surface area contributed by atoms with Gasteiger partial charge in [-0.1, -0.05) is 13.8 Å². The number of carbonyl (C=O) groups is 3. The minimum Gasteiger partial charge on any atom is -0.325 e. The highest BCUT2D eigenvalue weighted by Gasteiger charge is 2.38. The molecule has 1 aromatic carbocycles. The maximum Gasteiger partial charge on any atom is 0.264 e. The number of anilines is 1. The first-order chi connectivity index (χ1) is 9.32. The predicted octanol–water partition coefficient (Wildman–Crippen LogP) is 2.04. The van der Waals surface area contributed by atoms with Crippen molar-refractivity contribution in [3.8, 4) is 0 Å². The molecule has 0 aliphatic carbocycles. The minimum absolute atomic E-state index is 0.0744. The Morgan fingerprint density at radius 2 is 1.85 bits per heavy atom. The van der Waals surface area contributed by atoms with E-state index in [-0.39, 0.29) is 35.1 Å². The first kappa shape index (κ1) is 14.2. The zero-order valence-electron chi connectivity index (χ0n) is 11.5. The van der Waals surface area contributed by atoms with Gasteiger partial charge in [0, 0.05) is 13.5 Å². The number of benzene rings is 1. The van der Waals surface area contributed by atoms with E-state index in [1.165, 1.54) is 13.1 Å². The Morgan fingerprint density at radius 1 is 1.25 bits per heavy atom.